The van der Waals surface area contributed by atoms with E-state index in [4.69, 9.17) is 4.98 Å². The van der Waals surface area contributed by atoms with Crippen molar-refractivity contribution >= 4 is 5.78 Å². The maximum absolute atomic E-state index is 4.86. The lowest BCUT2D eigenvalue weighted by atomic mass is 9.79. The summed E-state index contributed by atoms with van der Waals surface area (Å²) < 4.78 is 2.17. The molecule has 0 amide bonds. The number of nitrogens with zero attached hydrogens (tertiary/aromatic N) is 4. The van der Waals surface area contributed by atoms with E-state index in [0.29, 0.717) is 0 Å². The molecule has 5 nitrogen and oxygen atoms in total. The zero-order valence-corrected chi connectivity index (χ0v) is 16.4. The van der Waals surface area contributed by atoms with Crippen LogP contribution in [0, 0.1) is 11.8 Å². The Morgan fingerprint density at radius 1 is 0.929 bits per heavy atom. The summed E-state index contributed by atoms with van der Waals surface area (Å²) in [6.45, 7) is 5.74. The second kappa shape index (κ2) is 8.02. The number of hydrogen-bond donors (Lipinski definition) is 1. The van der Waals surface area contributed by atoms with Crippen LogP contribution in [0.3, 0.4) is 0 Å². The maximum Gasteiger partial charge on any atom is 0.234 e. The number of piperidine rings is 2. The Balaban J connectivity index is 1.35. The van der Waals surface area contributed by atoms with Crippen LogP contribution in [0.25, 0.3) is 17.0 Å². The molecule has 3 aromatic rings. The molecule has 0 saturated carbocycles. The molecular weight excluding hydrogens is 346 g/mol. The van der Waals surface area contributed by atoms with Crippen molar-refractivity contribution < 1.29 is 0 Å². The Kier molecular flexibility index (Phi) is 5.10. The highest BCUT2D eigenvalue weighted by atomic mass is 15.2. The van der Waals surface area contributed by atoms with Gasteiger partial charge in [0.15, 0.2) is 0 Å². The number of fused-ring (bicyclic) bond motifs is 1. The minimum Gasteiger partial charge on any atom is -0.317 e. The standard InChI is InChI=1S/C23H29N5/c1-2-5-20(6-3-1)22-21(28-14-4-11-25-23(28)26-22)17-27-15-9-19(10-16-27)18-7-12-24-13-8-18/h1-6,11,14,18-19,24H,7-10,12-13,15-17H2. The van der Waals surface area contributed by atoms with Gasteiger partial charge in [0.25, 0.3) is 0 Å². The third-order valence-electron chi connectivity index (χ3n) is 6.61. The van der Waals surface area contributed by atoms with Gasteiger partial charge in [0, 0.05) is 24.5 Å². The molecule has 0 atom stereocenters. The van der Waals surface area contributed by atoms with E-state index in [-0.39, 0.29) is 0 Å². The summed E-state index contributed by atoms with van der Waals surface area (Å²) in [6.07, 6.45) is 9.31. The first-order valence-corrected chi connectivity index (χ1v) is 10.7. The molecule has 5 heteroatoms. The van der Waals surface area contributed by atoms with Crippen LogP contribution in [0.1, 0.15) is 31.4 Å². The van der Waals surface area contributed by atoms with Gasteiger partial charge in [0.2, 0.25) is 5.78 Å². The first-order chi connectivity index (χ1) is 13.9. The summed E-state index contributed by atoms with van der Waals surface area (Å²) in [6, 6.07) is 12.5. The fourth-order valence-electron chi connectivity index (χ4n) is 5.02. The lowest BCUT2D eigenvalue weighted by Gasteiger charge is -2.37. The van der Waals surface area contributed by atoms with E-state index in [0.717, 1.165) is 29.9 Å². The van der Waals surface area contributed by atoms with Crippen molar-refractivity contribution in [2.24, 2.45) is 11.8 Å². The summed E-state index contributed by atoms with van der Waals surface area (Å²) in [7, 11) is 0. The van der Waals surface area contributed by atoms with E-state index in [1.165, 1.54) is 63.1 Å². The van der Waals surface area contributed by atoms with Crippen molar-refractivity contribution in [1.82, 2.24) is 24.6 Å². The van der Waals surface area contributed by atoms with Gasteiger partial charge >= 0.3 is 0 Å². The molecule has 28 heavy (non-hydrogen) atoms. The number of imidazole rings is 1. The van der Waals surface area contributed by atoms with Gasteiger partial charge in [-0.05, 0) is 69.8 Å². The summed E-state index contributed by atoms with van der Waals surface area (Å²) in [4.78, 5) is 11.9. The minimum absolute atomic E-state index is 0.793. The molecule has 0 unspecified atom stereocenters. The molecule has 2 aliphatic heterocycles. The van der Waals surface area contributed by atoms with Gasteiger partial charge in [-0.15, -0.1) is 0 Å². The number of benzene rings is 1. The van der Waals surface area contributed by atoms with Crippen LogP contribution in [0.4, 0.5) is 0 Å². The summed E-state index contributed by atoms with van der Waals surface area (Å²) in [5.41, 5.74) is 3.50. The fourth-order valence-corrected chi connectivity index (χ4v) is 5.02. The Morgan fingerprint density at radius 2 is 1.68 bits per heavy atom. The maximum atomic E-state index is 4.86. The van der Waals surface area contributed by atoms with Gasteiger partial charge in [0.05, 0.1) is 11.4 Å². The fraction of sp³-hybridized carbons (Fsp3) is 0.478. The molecule has 0 aliphatic carbocycles. The van der Waals surface area contributed by atoms with Crippen LogP contribution in [0.15, 0.2) is 48.8 Å². The Bertz CT molecular complexity index is 905. The lowest BCUT2D eigenvalue weighted by molar-refractivity contribution is 0.125. The number of hydrogen-bond acceptors (Lipinski definition) is 4. The molecule has 2 saturated heterocycles. The summed E-state index contributed by atoms with van der Waals surface area (Å²) in [5.74, 6) is 2.64. The third-order valence-corrected chi connectivity index (χ3v) is 6.61. The van der Waals surface area contributed by atoms with Crippen LogP contribution < -0.4 is 5.32 Å². The van der Waals surface area contributed by atoms with Crippen LogP contribution in [-0.2, 0) is 6.54 Å². The van der Waals surface area contributed by atoms with Crippen LogP contribution >= 0.6 is 0 Å². The van der Waals surface area contributed by atoms with Crippen molar-refractivity contribution in [2.45, 2.75) is 32.2 Å². The molecule has 0 bridgehead atoms. The molecule has 4 heterocycles. The van der Waals surface area contributed by atoms with Crippen molar-refractivity contribution in [3.05, 3.63) is 54.5 Å². The second-order valence-corrected chi connectivity index (χ2v) is 8.26. The van der Waals surface area contributed by atoms with Crippen molar-refractivity contribution in [3.8, 4) is 11.3 Å². The van der Waals surface area contributed by atoms with Crippen LogP contribution in [-0.4, -0.2) is 45.4 Å². The Morgan fingerprint density at radius 3 is 2.46 bits per heavy atom. The highest BCUT2D eigenvalue weighted by Gasteiger charge is 2.28. The van der Waals surface area contributed by atoms with E-state index in [9.17, 15) is 0 Å². The quantitative estimate of drug-likeness (QED) is 0.757. The van der Waals surface area contributed by atoms with E-state index >= 15 is 0 Å². The monoisotopic (exact) mass is 375 g/mol. The number of aromatic nitrogens is 3. The summed E-state index contributed by atoms with van der Waals surface area (Å²) in [5, 5.41) is 3.51. The molecule has 5 rings (SSSR count). The molecule has 2 aliphatic rings. The predicted octanol–water partition coefficient (Wildman–Crippen LogP) is 3.61. The average molecular weight is 376 g/mol. The van der Waals surface area contributed by atoms with Crippen molar-refractivity contribution in [2.75, 3.05) is 26.2 Å². The lowest BCUT2D eigenvalue weighted by Crippen LogP contribution is -2.39. The predicted molar refractivity (Wildman–Crippen MR) is 112 cm³/mol. The largest absolute Gasteiger partial charge is 0.317 e. The first kappa shape index (κ1) is 17.8. The average Bonchev–Trinajstić information content (AvgIpc) is 3.14. The van der Waals surface area contributed by atoms with Gasteiger partial charge in [0.1, 0.15) is 0 Å². The third kappa shape index (κ3) is 3.56. The van der Waals surface area contributed by atoms with Gasteiger partial charge < -0.3 is 5.32 Å². The highest BCUT2D eigenvalue weighted by molar-refractivity contribution is 5.65. The molecule has 2 aromatic heterocycles. The van der Waals surface area contributed by atoms with Gasteiger partial charge in [-0.2, -0.15) is 0 Å². The smallest absolute Gasteiger partial charge is 0.234 e. The van der Waals surface area contributed by atoms with Gasteiger partial charge in [-0.1, -0.05) is 30.3 Å². The second-order valence-electron chi connectivity index (χ2n) is 8.26. The van der Waals surface area contributed by atoms with E-state index < -0.39 is 0 Å². The van der Waals surface area contributed by atoms with E-state index in [2.05, 4.69) is 56.1 Å². The highest BCUT2D eigenvalue weighted by Crippen LogP contribution is 2.32. The number of likely N-dealkylation sites (tertiary alicyclic amines) is 1. The Labute approximate surface area is 166 Å². The first-order valence-electron chi connectivity index (χ1n) is 10.7. The minimum atomic E-state index is 0.793. The Hall–Kier alpha value is -2.24. The van der Waals surface area contributed by atoms with E-state index in [1.807, 2.05) is 12.3 Å². The molecule has 2 fully saturated rings. The summed E-state index contributed by atoms with van der Waals surface area (Å²) >= 11 is 0. The zero-order chi connectivity index (χ0) is 18.8. The van der Waals surface area contributed by atoms with Crippen molar-refractivity contribution in [1.29, 1.82) is 0 Å². The normalized spacial score (nSPS) is 20.0. The molecule has 0 radical (unpaired) electrons. The van der Waals surface area contributed by atoms with E-state index in [1.54, 1.807) is 0 Å². The molecule has 1 aromatic carbocycles. The molecular formula is C23H29N5. The van der Waals surface area contributed by atoms with Crippen molar-refractivity contribution in [3.63, 3.8) is 0 Å². The number of rotatable bonds is 4. The SMILES string of the molecule is c1ccc(-c2nc3ncccn3c2CN2CCC(C3CCNCC3)CC2)cc1. The molecule has 1 N–H and O–H groups in total. The van der Waals surface area contributed by atoms with Gasteiger partial charge in [-0.3, -0.25) is 9.30 Å². The topological polar surface area (TPSA) is 45.5 Å². The van der Waals surface area contributed by atoms with Crippen LogP contribution in [0.2, 0.25) is 0 Å². The van der Waals surface area contributed by atoms with Crippen LogP contribution in [0.5, 0.6) is 0 Å². The zero-order valence-electron chi connectivity index (χ0n) is 16.4. The van der Waals surface area contributed by atoms with Gasteiger partial charge in [-0.25, -0.2) is 9.97 Å². The number of nitrogens with one attached hydrogen (secondary N) is 1. The molecule has 146 valence electrons. The molecule has 0 spiro atoms.